The fourth-order valence-corrected chi connectivity index (χ4v) is 6.14. The van der Waals surface area contributed by atoms with Gasteiger partial charge in [-0.3, -0.25) is 0 Å². The van der Waals surface area contributed by atoms with Crippen LogP contribution < -0.4 is 15.0 Å². The Kier molecular flexibility index (Phi) is 9.50. The summed E-state index contributed by atoms with van der Waals surface area (Å²) in [5, 5.41) is 2.82. The lowest BCUT2D eigenvalue weighted by Crippen LogP contribution is -2.11. The molecule has 4 rings (SSSR count). The Morgan fingerprint density at radius 3 is 2.00 bits per heavy atom. The summed E-state index contributed by atoms with van der Waals surface area (Å²) in [5.74, 6) is 0.287. The van der Waals surface area contributed by atoms with Crippen molar-refractivity contribution in [2.45, 2.75) is 23.6 Å². The molecule has 3 aromatic rings. The van der Waals surface area contributed by atoms with E-state index in [1.54, 1.807) is 6.92 Å². The predicted molar refractivity (Wildman–Crippen MR) is 170 cm³/mol. The first-order valence-electron chi connectivity index (χ1n) is 13.6. The topological polar surface area (TPSA) is 142 Å². The molecule has 1 aliphatic carbocycles. The number of aryl methyl sites for hydroxylation is 1. The van der Waals surface area contributed by atoms with Crippen LogP contribution in [0.15, 0.2) is 94.3 Å². The average molecular weight is 637 g/mol. The molecular formula is C32H34N3O7S2-. The molecule has 0 radical (unpaired) electrons. The summed E-state index contributed by atoms with van der Waals surface area (Å²) >= 11 is 0. The molecule has 0 atom stereocenters. The summed E-state index contributed by atoms with van der Waals surface area (Å²) in [6.45, 7) is 3.47. The second kappa shape index (κ2) is 12.8. The monoisotopic (exact) mass is 636 g/mol. The van der Waals surface area contributed by atoms with E-state index in [2.05, 4.69) is 5.32 Å². The van der Waals surface area contributed by atoms with Gasteiger partial charge in [-0.15, -0.1) is 0 Å². The van der Waals surface area contributed by atoms with Gasteiger partial charge in [0.25, 0.3) is 0 Å². The fourth-order valence-electron chi connectivity index (χ4n) is 4.77. The zero-order valence-corrected chi connectivity index (χ0v) is 26.9. The summed E-state index contributed by atoms with van der Waals surface area (Å²) in [5.41, 5.74) is 4.64. The van der Waals surface area contributed by atoms with Gasteiger partial charge in [0.1, 0.15) is 40.1 Å². The van der Waals surface area contributed by atoms with Crippen LogP contribution in [0.3, 0.4) is 0 Å². The first kappa shape index (κ1) is 32.7. The minimum absolute atomic E-state index is 0.105. The third-order valence-corrected chi connectivity index (χ3v) is 8.86. The smallest absolute Gasteiger partial charge is 0.199 e. The highest BCUT2D eigenvalue weighted by atomic mass is 32.2. The van der Waals surface area contributed by atoms with Crippen molar-refractivity contribution in [1.82, 2.24) is 0 Å². The highest BCUT2D eigenvalue weighted by Crippen LogP contribution is 2.41. The number of ether oxygens (including phenoxy) is 1. The molecule has 3 aromatic carbocycles. The average Bonchev–Trinajstić information content (AvgIpc) is 2.94. The van der Waals surface area contributed by atoms with Gasteiger partial charge >= 0.3 is 0 Å². The van der Waals surface area contributed by atoms with Crippen molar-refractivity contribution in [3.8, 4) is 5.75 Å². The second-order valence-corrected chi connectivity index (χ2v) is 13.2. The number of allylic oxidation sites excluding steroid dienone is 5. The maximum absolute atomic E-state index is 12.7. The van der Waals surface area contributed by atoms with Gasteiger partial charge in [0.05, 0.1) is 22.1 Å². The van der Waals surface area contributed by atoms with E-state index in [1.165, 1.54) is 31.2 Å². The van der Waals surface area contributed by atoms with Gasteiger partial charge in [0.15, 0.2) is 5.71 Å². The van der Waals surface area contributed by atoms with Crippen molar-refractivity contribution in [2.75, 3.05) is 45.0 Å². The number of nitrogens with zero attached hydrogens (tertiary/aromatic N) is 2. The Labute approximate surface area is 258 Å². The van der Waals surface area contributed by atoms with Crippen LogP contribution in [-0.2, 0) is 20.2 Å². The van der Waals surface area contributed by atoms with Gasteiger partial charge in [0, 0.05) is 49.3 Å². The summed E-state index contributed by atoms with van der Waals surface area (Å²) in [7, 11) is -2.17. The van der Waals surface area contributed by atoms with Crippen LogP contribution in [0.2, 0.25) is 0 Å². The number of anilines is 3. The molecule has 232 valence electrons. The summed E-state index contributed by atoms with van der Waals surface area (Å²) in [6, 6.07) is 14.4. The third kappa shape index (κ3) is 7.28. The molecule has 0 bridgehead atoms. The van der Waals surface area contributed by atoms with Crippen LogP contribution >= 0.6 is 0 Å². The Balaban J connectivity index is 2.00. The quantitative estimate of drug-likeness (QED) is 0.262. The Morgan fingerprint density at radius 2 is 1.48 bits per heavy atom. The van der Waals surface area contributed by atoms with E-state index in [0.29, 0.717) is 11.1 Å². The minimum Gasteiger partial charge on any atom is -0.744 e. The SMILES string of the molecule is CCOc1cc(Nc2ccc(C)c(S(=O)(=O)[O-])c2)c(S(=O)(=O)[O-])cc1C(=C1C=CC(=[N+](C)C)C=C1)c1ccc(N(C)C)cc1. The molecular weight excluding hydrogens is 603 g/mol. The number of benzene rings is 3. The third-order valence-electron chi connectivity index (χ3n) is 7.00. The lowest BCUT2D eigenvalue weighted by atomic mass is 9.89. The second-order valence-electron chi connectivity index (χ2n) is 10.5. The molecule has 10 nitrogen and oxygen atoms in total. The molecule has 1 N–H and O–H groups in total. The van der Waals surface area contributed by atoms with Crippen molar-refractivity contribution in [1.29, 1.82) is 0 Å². The summed E-state index contributed by atoms with van der Waals surface area (Å²) < 4.78 is 81.3. The normalized spacial score (nSPS) is 13.2. The van der Waals surface area contributed by atoms with Gasteiger partial charge in [-0.25, -0.2) is 21.4 Å². The van der Waals surface area contributed by atoms with E-state index in [4.69, 9.17) is 4.74 Å². The molecule has 1 aliphatic rings. The van der Waals surface area contributed by atoms with Crippen LogP contribution in [0, 0.1) is 6.92 Å². The van der Waals surface area contributed by atoms with E-state index < -0.39 is 30.0 Å². The van der Waals surface area contributed by atoms with Crippen LogP contribution in [0.25, 0.3) is 5.57 Å². The highest BCUT2D eigenvalue weighted by Gasteiger charge is 2.22. The van der Waals surface area contributed by atoms with Crippen molar-refractivity contribution in [3.63, 3.8) is 0 Å². The molecule has 0 saturated carbocycles. The molecule has 0 fully saturated rings. The van der Waals surface area contributed by atoms with E-state index in [-0.39, 0.29) is 29.3 Å². The van der Waals surface area contributed by atoms with Gasteiger partial charge < -0.3 is 24.1 Å². The molecule has 0 aliphatic heterocycles. The zero-order valence-electron chi connectivity index (χ0n) is 25.3. The van der Waals surface area contributed by atoms with Crippen LogP contribution in [0.5, 0.6) is 5.75 Å². The Bertz CT molecular complexity index is 1920. The predicted octanol–water partition coefficient (Wildman–Crippen LogP) is 4.65. The van der Waals surface area contributed by atoms with Crippen molar-refractivity contribution >= 4 is 48.6 Å². The van der Waals surface area contributed by atoms with E-state index >= 15 is 0 Å². The van der Waals surface area contributed by atoms with Crippen molar-refractivity contribution < 1.29 is 35.3 Å². The molecule has 0 spiro atoms. The Hall–Kier alpha value is -4.23. The Morgan fingerprint density at radius 1 is 0.864 bits per heavy atom. The molecule has 44 heavy (non-hydrogen) atoms. The maximum atomic E-state index is 12.7. The first-order chi connectivity index (χ1) is 20.6. The van der Waals surface area contributed by atoms with Crippen LogP contribution in [-0.4, -0.2) is 71.0 Å². The zero-order chi connectivity index (χ0) is 32.4. The molecule has 0 unspecified atom stereocenters. The number of hydrogen-bond acceptors (Lipinski definition) is 9. The van der Waals surface area contributed by atoms with Crippen molar-refractivity contribution in [2.24, 2.45) is 0 Å². The first-order valence-corrected chi connectivity index (χ1v) is 16.4. The van der Waals surface area contributed by atoms with Crippen LogP contribution in [0.4, 0.5) is 17.1 Å². The highest BCUT2D eigenvalue weighted by molar-refractivity contribution is 7.86. The molecule has 12 heteroatoms. The maximum Gasteiger partial charge on any atom is 0.199 e. The fraction of sp³-hybridized carbons (Fsp3) is 0.219. The summed E-state index contributed by atoms with van der Waals surface area (Å²) in [6.07, 6.45) is 7.69. The van der Waals surface area contributed by atoms with Gasteiger partial charge in [0.2, 0.25) is 0 Å². The van der Waals surface area contributed by atoms with Crippen LogP contribution in [0.1, 0.15) is 23.6 Å². The van der Waals surface area contributed by atoms with Gasteiger partial charge in [-0.2, -0.15) is 0 Å². The number of hydrogen-bond donors (Lipinski definition) is 1. The summed E-state index contributed by atoms with van der Waals surface area (Å²) in [4.78, 5) is 0.919. The van der Waals surface area contributed by atoms with Gasteiger partial charge in [-0.1, -0.05) is 18.2 Å². The standard InChI is InChI=1S/C32H35N3O7S2/c1-7-42-29-20-28(33-24-13-8-21(2)30(18-24)43(36,37)38)31(44(39,40)41)19-27(29)32(22-9-14-25(15-10-22)34(3)4)23-11-16-26(17-12-23)35(5)6/h8-20H,7H2,1-6H3,(H2,36,37,38,39,40,41)/p-1. The number of nitrogens with one attached hydrogen (secondary N) is 1. The molecule has 0 amide bonds. The van der Waals surface area contributed by atoms with E-state index in [9.17, 15) is 25.9 Å². The van der Waals surface area contributed by atoms with Gasteiger partial charge in [-0.05, 0) is 78.6 Å². The molecule has 0 aromatic heterocycles. The van der Waals surface area contributed by atoms with Crippen molar-refractivity contribution in [3.05, 3.63) is 101 Å². The lowest BCUT2D eigenvalue weighted by Gasteiger charge is -2.23. The number of rotatable bonds is 9. The molecule has 0 saturated heterocycles. The lowest BCUT2D eigenvalue weighted by molar-refractivity contribution is -0.462. The largest absolute Gasteiger partial charge is 0.744 e. The van der Waals surface area contributed by atoms with E-state index in [0.717, 1.165) is 28.6 Å². The minimum atomic E-state index is -5.06. The van der Waals surface area contributed by atoms with E-state index in [1.807, 2.05) is 86.2 Å². The molecule has 0 heterocycles.